The lowest BCUT2D eigenvalue weighted by atomic mass is 10.1. The Morgan fingerprint density at radius 3 is 2.45 bits per heavy atom. The topological polar surface area (TPSA) is 58.6 Å². The fourth-order valence-electron chi connectivity index (χ4n) is 2.61. The van der Waals surface area contributed by atoms with Crippen molar-refractivity contribution in [3.63, 3.8) is 0 Å². The minimum Gasteiger partial charge on any atom is -0.497 e. The van der Waals surface area contributed by atoms with Crippen LogP contribution in [0.2, 0.25) is 0 Å². The fraction of sp³-hybridized carbons (Fsp3) is 0.529. The molecule has 1 aliphatic rings. The summed E-state index contributed by atoms with van der Waals surface area (Å²) >= 11 is 0. The highest BCUT2D eigenvalue weighted by Crippen LogP contribution is 2.25. The monoisotopic (exact) mass is 304 g/mol. The number of methoxy groups -OCH3 is 1. The number of rotatable bonds is 4. The summed E-state index contributed by atoms with van der Waals surface area (Å²) < 4.78 is 5.10. The molecule has 1 N–H and O–H groups in total. The Kier molecular flexibility index (Phi) is 4.74. The maximum atomic E-state index is 12.2. The smallest absolute Gasteiger partial charge is 0.225 e. The van der Waals surface area contributed by atoms with Crippen molar-refractivity contribution >= 4 is 11.8 Å². The van der Waals surface area contributed by atoms with E-state index in [0.717, 1.165) is 11.3 Å². The molecule has 2 amide bonds. The molecule has 5 nitrogen and oxygen atoms in total. The molecule has 0 aliphatic carbocycles. The fourth-order valence-corrected chi connectivity index (χ4v) is 2.61. The average molecular weight is 304 g/mol. The van der Waals surface area contributed by atoms with Gasteiger partial charge in [0, 0.05) is 25.0 Å². The van der Waals surface area contributed by atoms with Crippen molar-refractivity contribution in [1.82, 2.24) is 10.2 Å². The van der Waals surface area contributed by atoms with E-state index in [2.05, 4.69) is 5.32 Å². The minimum atomic E-state index is -0.259. The third-order valence-electron chi connectivity index (χ3n) is 3.93. The molecule has 0 spiro atoms. The number of nitrogens with one attached hydrogen (secondary N) is 1. The Balaban J connectivity index is 1.89. The van der Waals surface area contributed by atoms with Crippen molar-refractivity contribution in [1.29, 1.82) is 0 Å². The third-order valence-corrected chi connectivity index (χ3v) is 3.93. The van der Waals surface area contributed by atoms with Gasteiger partial charge in [0.2, 0.25) is 11.8 Å². The van der Waals surface area contributed by atoms with Crippen LogP contribution in [-0.4, -0.2) is 35.9 Å². The Labute approximate surface area is 131 Å². The van der Waals surface area contributed by atoms with Crippen molar-refractivity contribution in [2.24, 2.45) is 5.92 Å². The number of amides is 2. The van der Waals surface area contributed by atoms with Crippen LogP contribution in [0.1, 0.15) is 32.8 Å². The Hall–Kier alpha value is -2.04. The van der Waals surface area contributed by atoms with Crippen LogP contribution in [-0.2, 0) is 16.1 Å². The molecular formula is C17H24N2O3. The molecular weight excluding hydrogens is 280 g/mol. The van der Waals surface area contributed by atoms with Crippen LogP contribution in [0, 0.1) is 5.92 Å². The second-order valence-electron chi connectivity index (χ2n) is 6.64. The van der Waals surface area contributed by atoms with E-state index in [4.69, 9.17) is 4.74 Å². The van der Waals surface area contributed by atoms with Crippen LogP contribution < -0.4 is 10.1 Å². The van der Waals surface area contributed by atoms with E-state index in [1.807, 2.05) is 45.0 Å². The van der Waals surface area contributed by atoms with Crippen LogP contribution in [0.3, 0.4) is 0 Å². The molecule has 1 unspecified atom stereocenters. The van der Waals surface area contributed by atoms with Gasteiger partial charge in [-0.1, -0.05) is 12.1 Å². The van der Waals surface area contributed by atoms with E-state index in [1.54, 1.807) is 12.0 Å². The summed E-state index contributed by atoms with van der Waals surface area (Å²) in [6, 6.07) is 7.56. The molecule has 120 valence electrons. The molecule has 2 rings (SSSR count). The van der Waals surface area contributed by atoms with E-state index >= 15 is 0 Å². The van der Waals surface area contributed by atoms with Crippen molar-refractivity contribution in [3.8, 4) is 5.75 Å². The lowest BCUT2D eigenvalue weighted by Gasteiger charge is -2.31. The van der Waals surface area contributed by atoms with Gasteiger partial charge in [-0.2, -0.15) is 0 Å². The maximum Gasteiger partial charge on any atom is 0.225 e. The number of carbonyl (C=O) groups excluding carboxylic acids is 2. The summed E-state index contributed by atoms with van der Waals surface area (Å²) in [6.45, 7) is 6.92. The molecule has 0 radical (unpaired) electrons. The van der Waals surface area contributed by atoms with Crippen molar-refractivity contribution in [2.45, 2.75) is 39.3 Å². The Bertz CT molecular complexity index is 546. The molecule has 1 atom stereocenters. The van der Waals surface area contributed by atoms with Crippen LogP contribution in [0.25, 0.3) is 0 Å². The molecule has 1 fully saturated rings. The standard InChI is InChI=1S/C17H24N2O3/c1-17(2,3)19-11-13(9-15(19)20)16(21)18-10-12-5-7-14(22-4)8-6-12/h5-8,13H,9-11H2,1-4H3,(H,18,21). The summed E-state index contributed by atoms with van der Waals surface area (Å²) in [7, 11) is 1.62. The first-order chi connectivity index (χ1) is 10.3. The number of hydrogen-bond acceptors (Lipinski definition) is 3. The highest BCUT2D eigenvalue weighted by Gasteiger charge is 2.39. The van der Waals surface area contributed by atoms with E-state index < -0.39 is 0 Å². The zero-order valence-corrected chi connectivity index (χ0v) is 13.7. The SMILES string of the molecule is COc1ccc(CNC(=O)C2CC(=O)N(C(C)(C)C)C2)cc1. The summed E-state index contributed by atoms with van der Waals surface area (Å²) in [5.41, 5.74) is 0.772. The van der Waals surface area contributed by atoms with Gasteiger partial charge < -0.3 is 15.0 Å². The minimum absolute atomic E-state index is 0.0529. The van der Waals surface area contributed by atoms with Gasteiger partial charge in [-0.25, -0.2) is 0 Å². The number of benzene rings is 1. The molecule has 1 aromatic carbocycles. The molecule has 1 heterocycles. The quantitative estimate of drug-likeness (QED) is 0.925. The second kappa shape index (κ2) is 6.38. The molecule has 0 aromatic heterocycles. The van der Waals surface area contributed by atoms with Gasteiger partial charge in [0.25, 0.3) is 0 Å². The summed E-state index contributed by atoms with van der Waals surface area (Å²) in [6.07, 6.45) is 0.297. The van der Waals surface area contributed by atoms with Gasteiger partial charge >= 0.3 is 0 Å². The Morgan fingerprint density at radius 1 is 1.32 bits per heavy atom. The number of nitrogens with zero attached hydrogens (tertiary/aromatic N) is 1. The van der Waals surface area contributed by atoms with Gasteiger partial charge in [-0.05, 0) is 38.5 Å². The van der Waals surface area contributed by atoms with Crippen LogP contribution >= 0.6 is 0 Å². The van der Waals surface area contributed by atoms with Gasteiger partial charge in [0.05, 0.1) is 13.0 Å². The van der Waals surface area contributed by atoms with Crippen molar-refractivity contribution in [2.75, 3.05) is 13.7 Å². The van der Waals surface area contributed by atoms with Gasteiger partial charge in [0.15, 0.2) is 0 Å². The first-order valence-corrected chi connectivity index (χ1v) is 7.52. The normalized spacial score (nSPS) is 18.5. The predicted octanol–water partition coefficient (Wildman–Crippen LogP) is 1.96. The first-order valence-electron chi connectivity index (χ1n) is 7.52. The summed E-state index contributed by atoms with van der Waals surface area (Å²) in [5.74, 6) is 0.523. The van der Waals surface area contributed by atoms with Crippen molar-refractivity contribution < 1.29 is 14.3 Å². The maximum absolute atomic E-state index is 12.2. The van der Waals surface area contributed by atoms with Crippen molar-refractivity contribution in [3.05, 3.63) is 29.8 Å². The molecule has 1 aromatic rings. The first kappa shape index (κ1) is 16.3. The molecule has 0 saturated carbocycles. The van der Waals surface area contributed by atoms with E-state index in [0.29, 0.717) is 19.5 Å². The number of hydrogen-bond donors (Lipinski definition) is 1. The number of likely N-dealkylation sites (tertiary alicyclic amines) is 1. The molecule has 0 bridgehead atoms. The summed E-state index contributed by atoms with van der Waals surface area (Å²) in [4.78, 5) is 26.0. The molecule has 1 saturated heterocycles. The summed E-state index contributed by atoms with van der Waals surface area (Å²) in [5, 5.41) is 2.91. The zero-order chi connectivity index (χ0) is 16.3. The van der Waals surface area contributed by atoms with E-state index in [1.165, 1.54) is 0 Å². The average Bonchev–Trinajstić information content (AvgIpc) is 2.87. The predicted molar refractivity (Wildman–Crippen MR) is 84.4 cm³/mol. The zero-order valence-electron chi connectivity index (χ0n) is 13.7. The largest absolute Gasteiger partial charge is 0.497 e. The molecule has 5 heteroatoms. The van der Waals surface area contributed by atoms with Crippen LogP contribution in [0.5, 0.6) is 5.75 Å². The highest BCUT2D eigenvalue weighted by atomic mass is 16.5. The number of carbonyl (C=O) groups is 2. The lowest BCUT2D eigenvalue weighted by molar-refractivity contribution is -0.132. The van der Waals surface area contributed by atoms with E-state index in [-0.39, 0.29) is 23.3 Å². The lowest BCUT2D eigenvalue weighted by Crippen LogP contribution is -2.43. The molecule has 22 heavy (non-hydrogen) atoms. The van der Waals surface area contributed by atoms with E-state index in [9.17, 15) is 9.59 Å². The Morgan fingerprint density at radius 2 is 1.95 bits per heavy atom. The third kappa shape index (κ3) is 3.78. The highest BCUT2D eigenvalue weighted by molar-refractivity contribution is 5.89. The molecule has 1 aliphatic heterocycles. The van der Waals surface area contributed by atoms with Crippen LogP contribution in [0.4, 0.5) is 0 Å². The second-order valence-corrected chi connectivity index (χ2v) is 6.64. The van der Waals surface area contributed by atoms with Gasteiger partial charge in [-0.3, -0.25) is 9.59 Å². The van der Waals surface area contributed by atoms with Crippen LogP contribution in [0.15, 0.2) is 24.3 Å². The number of ether oxygens (including phenoxy) is 1. The van der Waals surface area contributed by atoms with Gasteiger partial charge in [0.1, 0.15) is 5.75 Å². The van der Waals surface area contributed by atoms with Gasteiger partial charge in [-0.15, -0.1) is 0 Å².